The van der Waals surface area contributed by atoms with Crippen molar-refractivity contribution in [2.75, 3.05) is 16.8 Å². The number of nitrogens with zero attached hydrogens (tertiary/aromatic N) is 4. The maximum absolute atomic E-state index is 13.9. The summed E-state index contributed by atoms with van der Waals surface area (Å²) in [4.78, 5) is 11.8. The average Bonchev–Trinajstić information content (AvgIpc) is 3.27. The zero-order chi connectivity index (χ0) is 16.2. The summed E-state index contributed by atoms with van der Waals surface area (Å²) < 4.78 is 15.5. The maximum atomic E-state index is 13.9. The first-order valence-corrected chi connectivity index (χ1v) is 8.41. The van der Waals surface area contributed by atoms with Gasteiger partial charge in [-0.1, -0.05) is 6.08 Å². The van der Waals surface area contributed by atoms with Crippen LogP contribution in [0.1, 0.15) is 24.6 Å². The first-order chi connectivity index (χ1) is 11.2. The van der Waals surface area contributed by atoms with Crippen molar-refractivity contribution in [1.29, 1.82) is 0 Å². The molecule has 0 atom stereocenters. The minimum atomic E-state index is -0.489. The summed E-state index contributed by atoms with van der Waals surface area (Å²) in [5.41, 5.74) is 0.760. The predicted molar refractivity (Wildman–Crippen MR) is 87.2 cm³/mol. The van der Waals surface area contributed by atoms with Gasteiger partial charge in [-0.25, -0.2) is 4.39 Å². The minimum absolute atomic E-state index is 0.129. The van der Waals surface area contributed by atoms with E-state index >= 15 is 0 Å². The smallest absolute Gasteiger partial charge is 0.234 e. The molecule has 3 rings (SSSR count). The lowest BCUT2D eigenvalue weighted by Gasteiger charge is -2.09. The van der Waals surface area contributed by atoms with Gasteiger partial charge in [0.1, 0.15) is 5.82 Å². The Morgan fingerprint density at radius 1 is 1.52 bits per heavy atom. The number of hydrogen-bond acceptors (Lipinski definition) is 5. The van der Waals surface area contributed by atoms with Gasteiger partial charge in [0.05, 0.1) is 17.1 Å². The van der Waals surface area contributed by atoms with Crippen LogP contribution in [0.25, 0.3) is 5.69 Å². The number of halogens is 1. The molecule has 0 spiro atoms. The van der Waals surface area contributed by atoms with E-state index in [4.69, 9.17) is 0 Å². The Morgan fingerprint density at radius 3 is 3.09 bits per heavy atom. The van der Waals surface area contributed by atoms with Crippen LogP contribution in [-0.2, 0) is 4.79 Å². The average molecular weight is 333 g/mol. The van der Waals surface area contributed by atoms with Crippen LogP contribution in [-0.4, -0.2) is 37.6 Å². The van der Waals surface area contributed by atoms with E-state index in [9.17, 15) is 9.18 Å². The number of rotatable bonds is 7. The summed E-state index contributed by atoms with van der Waals surface area (Å²) in [5.74, 6) is 1.31. The summed E-state index contributed by atoms with van der Waals surface area (Å²) in [5, 5.41) is 14.3. The summed E-state index contributed by atoms with van der Waals surface area (Å²) >= 11 is 1.41. The number of benzene rings is 1. The van der Waals surface area contributed by atoms with Gasteiger partial charge in [0.2, 0.25) is 5.91 Å². The number of tetrazole rings is 1. The molecular weight excluding hydrogens is 317 g/mol. The zero-order valence-corrected chi connectivity index (χ0v) is 13.2. The van der Waals surface area contributed by atoms with Crippen LogP contribution >= 0.6 is 11.8 Å². The molecule has 0 saturated heterocycles. The Labute approximate surface area is 137 Å². The van der Waals surface area contributed by atoms with E-state index in [1.807, 2.05) is 0 Å². The number of carbonyl (C=O) groups is 1. The van der Waals surface area contributed by atoms with Gasteiger partial charge in [-0.15, -0.1) is 23.4 Å². The minimum Gasteiger partial charge on any atom is -0.323 e. The van der Waals surface area contributed by atoms with Crippen LogP contribution in [0, 0.1) is 5.82 Å². The lowest BCUT2D eigenvalue weighted by molar-refractivity contribution is -0.113. The third kappa shape index (κ3) is 3.76. The van der Waals surface area contributed by atoms with Crippen LogP contribution in [0.4, 0.5) is 10.1 Å². The largest absolute Gasteiger partial charge is 0.323 e. The number of anilines is 1. The molecule has 2 aromatic rings. The summed E-state index contributed by atoms with van der Waals surface area (Å²) in [6.45, 7) is 3.59. The van der Waals surface area contributed by atoms with E-state index in [1.165, 1.54) is 17.8 Å². The molecule has 1 saturated carbocycles. The van der Waals surface area contributed by atoms with Gasteiger partial charge in [-0.05, 0) is 41.5 Å². The van der Waals surface area contributed by atoms with E-state index in [0.717, 1.165) is 18.7 Å². The summed E-state index contributed by atoms with van der Waals surface area (Å²) in [7, 11) is 0. The highest BCUT2D eigenvalue weighted by molar-refractivity contribution is 8.00. The maximum Gasteiger partial charge on any atom is 0.234 e. The second-order valence-electron chi connectivity index (χ2n) is 5.24. The van der Waals surface area contributed by atoms with E-state index in [0.29, 0.717) is 17.4 Å². The molecule has 0 aliphatic heterocycles. The molecule has 1 aliphatic carbocycles. The Hall–Kier alpha value is -2.22. The molecule has 1 amide bonds. The van der Waals surface area contributed by atoms with Crippen LogP contribution in [0.2, 0.25) is 0 Å². The number of nitrogens with one attached hydrogen (secondary N) is 1. The fourth-order valence-electron chi connectivity index (χ4n) is 2.14. The fourth-order valence-corrected chi connectivity index (χ4v) is 2.68. The molecule has 1 aliphatic rings. The fraction of sp³-hybridized carbons (Fsp3) is 0.333. The number of thioether (sulfide) groups is 1. The number of aromatic nitrogens is 4. The van der Waals surface area contributed by atoms with E-state index in [-0.39, 0.29) is 17.3 Å². The number of carbonyl (C=O) groups excluding carboxylic acids is 1. The molecule has 1 heterocycles. The van der Waals surface area contributed by atoms with Crippen molar-refractivity contribution in [2.24, 2.45) is 0 Å². The van der Waals surface area contributed by atoms with Gasteiger partial charge >= 0.3 is 0 Å². The van der Waals surface area contributed by atoms with Crippen molar-refractivity contribution < 1.29 is 9.18 Å². The number of hydrogen-bond donors (Lipinski definition) is 1. The molecule has 1 aromatic carbocycles. The summed E-state index contributed by atoms with van der Waals surface area (Å²) in [6, 6.07) is 4.45. The highest BCUT2D eigenvalue weighted by Crippen LogP contribution is 2.39. The Morgan fingerprint density at radius 2 is 2.35 bits per heavy atom. The highest BCUT2D eigenvalue weighted by atomic mass is 32.2. The van der Waals surface area contributed by atoms with E-state index in [2.05, 4.69) is 27.4 Å². The molecule has 0 bridgehead atoms. The zero-order valence-electron chi connectivity index (χ0n) is 12.4. The molecule has 8 heteroatoms. The van der Waals surface area contributed by atoms with Gasteiger partial charge in [-0.3, -0.25) is 4.79 Å². The topological polar surface area (TPSA) is 72.7 Å². The van der Waals surface area contributed by atoms with Crippen LogP contribution in [0.3, 0.4) is 0 Å². The second kappa shape index (κ2) is 6.91. The van der Waals surface area contributed by atoms with Gasteiger partial charge < -0.3 is 5.32 Å². The van der Waals surface area contributed by atoms with E-state index < -0.39 is 5.82 Å². The van der Waals surface area contributed by atoms with Gasteiger partial charge in [0, 0.05) is 11.7 Å². The van der Waals surface area contributed by atoms with Crippen molar-refractivity contribution in [3.63, 3.8) is 0 Å². The SMILES string of the molecule is C=CCSCC(=O)Nc1cc(-n2nnnc2C2CC2)ccc1F. The van der Waals surface area contributed by atoms with Crippen LogP contribution < -0.4 is 5.32 Å². The molecule has 6 nitrogen and oxygen atoms in total. The van der Waals surface area contributed by atoms with Gasteiger partial charge in [-0.2, -0.15) is 4.68 Å². The van der Waals surface area contributed by atoms with E-state index in [1.54, 1.807) is 22.9 Å². The first kappa shape index (κ1) is 15.7. The van der Waals surface area contributed by atoms with Gasteiger partial charge in [0.15, 0.2) is 5.82 Å². The first-order valence-electron chi connectivity index (χ1n) is 7.25. The highest BCUT2D eigenvalue weighted by Gasteiger charge is 2.30. The molecule has 1 N–H and O–H groups in total. The number of amides is 1. The third-order valence-electron chi connectivity index (χ3n) is 3.37. The molecule has 1 fully saturated rings. The van der Waals surface area contributed by atoms with Crippen molar-refractivity contribution in [1.82, 2.24) is 20.2 Å². The van der Waals surface area contributed by atoms with Crippen molar-refractivity contribution in [3.05, 3.63) is 42.5 Å². The Balaban J connectivity index is 1.77. The van der Waals surface area contributed by atoms with Crippen molar-refractivity contribution >= 4 is 23.4 Å². The van der Waals surface area contributed by atoms with Crippen molar-refractivity contribution in [3.8, 4) is 5.69 Å². The predicted octanol–water partition coefficient (Wildman–Crippen LogP) is 2.54. The quantitative estimate of drug-likeness (QED) is 0.623. The van der Waals surface area contributed by atoms with Gasteiger partial charge in [0.25, 0.3) is 0 Å². The Bertz CT molecular complexity index is 728. The second-order valence-corrected chi connectivity index (χ2v) is 6.27. The molecular formula is C15H16FN5OS. The normalized spacial score (nSPS) is 13.8. The molecule has 0 radical (unpaired) electrons. The van der Waals surface area contributed by atoms with Crippen LogP contribution in [0.15, 0.2) is 30.9 Å². The van der Waals surface area contributed by atoms with Crippen molar-refractivity contribution in [2.45, 2.75) is 18.8 Å². The third-order valence-corrected chi connectivity index (χ3v) is 4.31. The Kier molecular flexibility index (Phi) is 4.71. The van der Waals surface area contributed by atoms with Crippen LogP contribution in [0.5, 0.6) is 0 Å². The lowest BCUT2D eigenvalue weighted by atomic mass is 10.2. The molecule has 120 valence electrons. The molecule has 0 unspecified atom stereocenters. The molecule has 1 aromatic heterocycles. The lowest BCUT2D eigenvalue weighted by Crippen LogP contribution is -2.15. The molecule has 23 heavy (non-hydrogen) atoms. The standard InChI is InChI=1S/C15H16FN5OS/c1-2-7-23-9-14(22)17-13-8-11(5-6-12(13)16)21-15(10-3-4-10)18-19-20-21/h2,5-6,8,10H,1,3-4,7,9H2,(H,17,22). The monoisotopic (exact) mass is 333 g/mol. The summed E-state index contributed by atoms with van der Waals surface area (Å²) in [6.07, 6.45) is 3.84.